The number of fused-ring (bicyclic) bond motifs is 1. The van der Waals surface area contributed by atoms with Crippen molar-refractivity contribution in [2.45, 2.75) is 46.1 Å². The number of rotatable bonds is 3. The van der Waals surface area contributed by atoms with Gasteiger partial charge in [-0.1, -0.05) is 17.7 Å². The molecule has 160 valence electrons. The molecule has 4 heterocycles. The Morgan fingerprint density at radius 2 is 1.94 bits per heavy atom. The van der Waals surface area contributed by atoms with Gasteiger partial charge in [0.2, 0.25) is 0 Å². The maximum absolute atomic E-state index is 10.0. The molecule has 2 aliphatic rings. The molecule has 5 rings (SSSR count). The van der Waals surface area contributed by atoms with Crippen LogP contribution in [0.5, 0.6) is 0 Å². The van der Waals surface area contributed by atoms with Gasteiger partial charge in [-0.25, -0.2) is 9.97 Å². The monoisotopic (exact) mass is 435 g/mol. The summed E-state index contributed by atoms with van der Waals surface area (Å²) in [6.07, 6.45) is 9.63. The third-order valence-corrected chi connectivity index (χ3v) is 7.03. The molecule has 31 heavy (non-hydrogen) atoms. The third kappa shape index (κ3) is 3.68. The largest absolute Gasteiger partial charge is 0.390 e. The van der Waals surface area contributed by atoms with E-state index in [1.807, 2.05) is 19.2 Å². The molecular formula is C24H26ClN5O. The van der Waals surface area contributed by atoms with E-state index in [1.54, 1.807) is 12.4 Å². The number of piperidine rings is 1. The van der Waals surface area contributed by atoms with E-state index in [4.69, 9.17) is 21.6 Å². The lowest BCUT2D eigenvalue weighted by Gasteiger charge is -2.40. The predicted molar refractivity (Wildman–Crippen MR) is 121 cm³/mol. The summed E-state index contributed by atoms with van der Waals surface area (Å²) in [5.74, 6) is 0.785. The number of pyridine rings is 2. The van der Waals surface area contributed by atoms with Crippen LogP contribution in [-0.4, -0.2) is 38.1 Å². The van der Waals surface area contributed by atoms with Crippen LogP contribution >= 0.6 is 11.6 Å². The minimum atomic E-state index is -0.158. The number of aliphatic hydroxyl groups excluding tert-OH is 1. The van der Waals surface area contributed by atoms with Crippen LogP contribution in [0.3, 0.4) is 0 Å². The number of aromatic nitrogens is 4. The smallest absolute Gasteiger partial charge is 0.153 e. The van der Waals surface area contributed by atoms with E-state index in [9.17, 15) is 5.11 Å². The summed E-state index contributed by atoms with van der Waals surface area (Å²) in [7, 11) is 0. The van der Waals surface area contributed by atoms with E-state index in [-0.39, 0.29) is 6.61 Å². The molecule has 1 aliphatic carbocycles. The van der Waals surface area contributed by atoms with Gasteiger partial charge in [-0.2, -0.15) is 0 Å². The van der Waals surface area contributed by atoms with Crippen LogP contribution in [0, 0.1) is 19.3 Å². The number of hydrogen-bond donors (Lipinski definition) is 1. The predicted octanol–water partition coefficient (Wildman–Crippen LogP) is 4.08. The normalized spacial score (nSPS) is 17.2. The summed E-state index contributed by atoms with van der Waals surface area (Å²) in [5.41, 5.74) is 7.09. The zero-order valence-electron chi connectivity index (χ0n) is 17.9. The molecule has 1 N–H and O–H groups in total. The van der Waals surface area contributed by atoms with Crippen molar-refractivity contribution < 1.29 is 5.11 Å². The highest BCUT2D eigenvalue weighted by Crippen LogP contribution is 2.45. The number of hydrogen-bond acceptors (Lipinski definition) is 6. The van der Waals surface area contributed by atoms with E-state index >= 15 is 0 Å². The molecule has 0 unspecified atom stereocenters. The van der Waals surface area contributed by atoms with E-state index in [2.05, 4.69) is 27.9 Å². The molecule has 3 aromatic rings. The van der Waals surface area contributed by atoms with Crippen LogP contribution < -0.4 is 4.90 Å². The highest BCUT2D eigenvalue weighted by molar-refractivity contribution is 6.33. The lowest BCUT2D eigenvalue weighted by molar-refractivity contribution is 0.230. The third-order valence-electron chi connectivity index (χ3n) is 6.73. The van der Waals surface area contributed by atoms with Crippen molar-refractivity contribution in [1.82, 2.24) is 19.9 Å². The van der Waals surface area contributed by atoms with Crippen LogP contribution in [-0.2, 0) is 19.4 Å². The SMILES string of the molecule is Cc1cnc2c(c1)CC1(CCN(c3nc(C)c(-c4ccncc4Cl)nc3CO)CC1)C2. The second-order valence-electron chi connectivity index (χ2n) is 8.90. The number of aryl methyl sites for hydroxylation is 2. The van der Waals surface area contributed by atoms with E-state index < -0.39 is 0 Å². The topological polar surface area (TPSA) is 75.0 Å². The number of nitrogens with zero attached hydrogens (tertiary/aromatic N) is 5. The van der Waals surface area contributed by atoms with E-state index in [0.717, 1.165) is 55.8 Å². The molecule has 7 heteroatoms. The van der Waals surface area contributed by atoms with Crippen LogP contribution in [0.15, 0.2) is 30.7 Å². The van der Waals surface area contributed by atoms with Gasteiger partial charge in [0.1, 0.15) is 5.69 Å². The Kier molecular flexibility index (Phi) is 5.15. The number of halogens is 1. The fourth-order valence-electron chi connectivity index (χ4n) is 5.06. The minimum Gasteiger partial charge on any atom is -0.390 e. The van der Waals surface area contributed by atoms with Crippen molar-refractivity contribution in [3.05, 3.63) is 64.0 Å². The summed E-state index contributed by atoms with van der Waals surface area (Å²) in [6, 6.07) is 4.13. The van der Waals surface area contributed by atoms with Gasteiger partial charge in [0.05, 0.1) is 23.0 Å². The summed E-state index contributed by atoms with van der Waals surface area (Å²) < 4.78 is 0. The number of aliphatic hydroxyl groups is 1. The standard InChI is InChI=1S/C24H26ClN5O/c1-15-9-17-10-24(11-20(17)27-12-15)4-7-30(8-5-24)23-21(14-31)29-22(16(2)28-23)18-3-6-26-13-19(18)25/h3,6,9,12-13,31H,4-5,7-8,10-11,14H2,1-2H3. The van der Waals surface area contributed by atoms with Gasteiger partial charge in [0.15, 0.2) is 5.82 Å². The van der Waals surface area contributed by atoms with Crippen molar-refractivity contribution in [2.24, 2.45) is 5.41 Å². The molecule has 0 aromatic carbocycles. The lowest BCUT2D eigenvalue weighted by Crippen LogP contribution is -2.41. The minimum absolute atomic E-state index is 0.158. The van der Waals surface area contributed by atoms with Crippen molar-refractivity contribution in [3.63, 3.8) is 0 Å². The van der Waals surface area contributed by atoms with Gasteiger partial charge >= 0.3 is 0 Å². The highest BCUT2D eigenvalue weighted by atomic mass is 35.5. The molecule has 0 bridgehead atoms. The zero-order valence-corrected chi connectivity index (χ0v) is 18.7. The molecule has 1 saturated heterocycles. The summed E-state index contributed by atoms with van der Waals surface area (Å²) in [5, 5.41) is 10.6. The van der Waals surface area contributed by atoms with E-state index in [1.165, 1.54) is 16.8 Å². The van der Waals surface area contributed by atoms with Gasteiger partial charge in [-0.05, 0) is 62.1 Å². The van der Waals surface area contributed by atoms with Gasteiger partial charge < -0.3 is 10.0 Å². The van der Waals surface area contributed by atoms with Crippen LogP contribution in [0.25, 0.3) is 11.3 Å². The Morgan fingerprint density at radius 3 is 2.68 bits per heavy atom. The molecule has 0 radical (unpaired) electrons. The molecule has 3 aromatic heterocycles. The molecular weight excluding hydrogens is 410 g/mol. The zero-order chi connectivity index (χ0) is 21.6. The van der Waals surface area contributed by atoms with Crippen LogP contribution in [0.4, 0.5) is 5.82 Å². The molecule has 1 spiro atoms. The Balaban J connectivity index is 1.38. The Labute approximate surface area is 187 Å². The van der Waals surface area contributed by atoms with Gasteiger partial charge in [-0.3, -0.25) is 9.97 Å². The fraction of sp³-hybridized carbons (Fsp3) is 0.417. The summed E-state index contributed by atoms with van der Waals surface area (Å²) in [4.78, 5) is 20.6. The van der Waals surface area contributed by atoms with Crippen LogP contribution in [0.2, 0.25) is 5.02 Å². The molecule has 6 nitrogen and oxygen atoms in total. The lowest BCUT2D eigenvalue weighted by atomic mass is 9.76. The van der Waals surface area contributed by atoms with Crippen molar-refractivity contribution >= 4 is 17.4 Å². The average Bonchev–Trinajstić information content (AvgIpc) is 3.11. The molecule has 0 amide bonds. The van der Waals surface area contributed by atoms with Gasteiger partial charge in [0, 0.05) is 42.9 Å². The quantitative estimate of drug-likeness (QED) is 0.668. The molecule has 0 atom stereocenters. The Bertz CT molecular complexity index is 1140. The fourth-order valence-corrected chi connectivity index (χ4v) is 5.27. The first-order valence-corrected chi connectivity index (χ1v) is 11.1. The van der Waals surface area contributed by atoms with Crippen molar-refractivity contribution in [3.8, 4) is 11.3 Å². The Morgan fingerprint density at radius 1 is 1.13 bits per heavy atom. The summed E-state index contributed by atoms with van der Waals surface area (Å²) in [6.45, 7) is 5.71. The highest BCUT2D eigenvalue weighted by Gasteiger charge is 2.41. The molecule has 0 saturated carbocycles. The molecule has 1 fully saturated rings. The summed E-state index contributed by atoms with van der Waals surface area (Å²) >= 11 is 6.32. The van der Waals surface area contributed by atoms with E-state index in [0.29, 0.717) is 21.8 Å². The van der Waals surface area contributed by atoms with Gasteiger partial charge in [-0.15, -0.1) is 0 Å². The van der Waals surface area contributed by atoms with Crippen molar-refractivity contribution in [2.75, 3.05) is 18.0 Å². The first-order valence-electron chi connectivity index (χ1n) is 10.8. The molecule has 1 aliphatic heterocycles. The second kappa shape index (κ2) is 7.84. The second-order valence-corrected chi connectivity index (χ2v) is 9.31. The maximum Gasteiger partial charge on any atom is 0.153 e. The van der Waals surface area contributed by atoms with Gasteiger partial charge in [0.25, 0.3) is 0 Å². The first-order chi connectivity index (χ1) is 15.0. The Hall–Kier alpha value is -2.57. The van der Waals surface area contributed by atoms with Crippen LogP contribution in [0.1, 0.15) is 41.1 Å². The maximum atomic E-state index is 10.0. The average molecular weight is 436 g/mol. The van der Waals surface area contributed by atoms with Crippen molar-refractivity contribution in [1.29, 1.82) is 0 Å². The number of anilines is 1. The first kappa shape index (κ1) is 20.3.